The van der Waals surface area contributed by atoms with Crippen molar-refractivity contribution >= 4 is 21.6 Å². The second kappa shape index (κ2) is 6.07. The molecule has 3 heteroatoms. The molecule has 0 atom stereocenters. The normalized spacial score (nSPS) is 24.4. The van der Waals surface area contributed by atoms with E-state index in [2.05, 4.69) is 46.9 Å². The first-order valence-electron chi connectivity index (χ1n) is 6.80. The van der Waals surface area contributed by atoms with Crippen molar-refractivity contribution < 1.29 is 0 Å². The van der Waals surface area contributed by atoms with Crippen LogP contribution < -0.4 is 5.73 Å². The molecule has 0 unspecified atom stereocenters. The summed E-state index contributed by atoms with van der Waals surface area (Å²) in [6, 6.07) is 7.02. The molecule has 18 heavy (non-hydrogen) atoms. The highest BCUT2D eigenvalue weighted by Crippen LogP contribution is 2.28. The van der Waals surface area contributed by atoms with Gasteiger partial charge in [0.1, 0.15) is 0 Å². The van der Waals surface area contributed by atoms with E-state index in [1.165, 1.54) is 31.2 Å². The van der Waals surface area contributed by atoms with Crippen molar-refractivity contribution in [2.24, 2.45) is 5.92 Å². The van der Waals surface area contributed by atoms with Gasteiger partial charge in [0.15, 0.2) is 0 Å². The Morgan fingerprint density at radius 2 is 1.94 bits per heavy atom. The van der Waals surface area contributed by atoms with Gasteiger partial charge in [-0.05, 0) is 72.3 Å². The Bertz CT molecular complexity index is 397. The molecule has 1 saturated carbocycles. The first kappa shape index (κ1) is 13.9. The summed E-state index contributed by atoms with van der Waals surface area (Å²) in [6.07, 6.45) is 5.42. The van der Waals surface area contributed by atoms with Crippen LogP contribution >= 0.6 is 15.9 Å². The summed E-state index contributed by atoms with van der Waals surface area (Å²) in [5.41, 5.74) is 8.06. The predicted molar refractivity (Wildman–Crippen MR) is 81.4 cm³/mol. The molecule has 0 bridgehead atoms. The lowest BCUT2D eigenvalue weighted by molar-refractivity contribution is 0.164. The van der Waals surface area contributed by atoms with E-state index in [9.17, 15) is 0 Å². The average molecular weight is 311 g/mol. The van der Waals surface area contributed by atoms with Crippen molar-refractivity contribution in [3.8, 4) is 0 Å². The fraction of sp³-hybridized carbons (Fsp3) is 0.600. The fourth-order valence-electron chi connectivity index (χ4n) is 2.79. The lowest BCUT2D eigenvalue weighted by Gasteiger charge is -2.33. The van der Waals surface area contributed by atoms with Gasteiger partial charge in [-0.15, -0.1) is 0 Å². The molecular formula is C15H23BrN2. The topological polar surface area (TPSA) is 29.3 Å². The molecule has 0 saturated heterocycles. The van der Waals surface area contributed by atoms with Gasteiger partial charge < -0.3 is 5.73 Å². The van der Waals surface area contributed by atoms with Crippen LogP contribution in [0.3, 0.4) is 0 Å². The lowest BCUT2D eigenvalue weighted by atomic mass is 9.86. The van der Waals surface area contributed by atoms with Gasteiger partial charge in [0.05, 0.1) is 0 Å². The van der Waals surface area contributed by atoms with Crippen molar-refractivity contribution in [3.05, 3.63) is 28.2 Å². The number of nitrogens with zero attached hydrogens (tertiary/aromatic N) is 1. The number of hydrogen-bond donors (Lipinski definition) is 1. The Morgan fingerprint density at radius 1 is 1.28 bits per heavy atom. The van der Waals surface area contributed by atoms with E-state index >= 15 is 0 Å². The lowest BCUT2D eigenvalue weighted by Crippen LogP contribution is -2.34. The second-order valence-corrected chi connectivity index (χ2v) is 6.54. The molecule has 2 nitrogen and oxygen atoms in total. The second-order valence-electron chi connectivity index (χ2n) is 5.68. The van der Waals surface area contributed by atoms with Crippen molar-refractivity contribution in [3.63, 3.8) is 0 Å². The summed E-state index contributed by atoms with van der Waals surface area (Å²) >= 11 is 3.44. The van der Waals surface area contributed by atoms with Crippen LogP contribution in [-0.4, -0.2) is 18.0 Å². The summed E-state index contributed by atoms with van der Waals surface area (Å²) in [5.74, 6) is 0.915. The van der Waals surface area contributed by atoms with Gasteiger partial charge in [-0.1, -0.05) is 13.0 Å². The summed E-state index contributed by atoms with van der Waals surface area (Å²) in [5, 5.41) is 0. The van der Waals surface area contributed by atoms with Crippen LogP contribution in [-0.2, 0) is 6.54 Å². The van der Waals surface area contributed by atoms with Gasteiger partial charge >= 0.3 is 0 Å². The van der Waals surface area contributed by atoms with Crippen LogP contribution in [0.15, 0.2) is 22.7 Å². The predicted octanol–water partition coefficient (Wildman–Crippen LogP) is 4.04. The minimum absolute atomic E-state index is 0.742. The van der Waals surface area contributed by atoms with Crippen molar-refractivity contribution in [2.45, 2.75) is 45.2 Å². The van der Waals surface area contributed by atoms with E-state index in [4.69, 9.17) is 5.73 Å². The number of nitrogen functional groups attached to an aromatic ring is 1. The maximum atomic E-state index is 5.93. The first-order valence-corrected chi connectivity index (χ1v) is 7.59. The van der Waals surface area contributed by atoms with E-state index in [1.807, 2.05) is 6.07 Å². The smallest absolute Gasteiger partial charge is 0.0461 e. The molecule has 2 rings (SSSR count). The Kier molecular flexibility index (Phi) is 4.68. The van der Waals surface area contributed by atoms with Crippen molar-refractivity contribution in [1.29, 1.82) is 0 Å². The van der Waals surface area contributed by atoms with Crippen LogP contribution in [0.2, 0.25) is 0 Å². The molecule has 0 amide bonds. The molecule has 0 aromatic heterocycles. The number of halogens is 1. The van der Waals surface area contributed by atoms with Crippen molar-refractivity contribution in [2.75, 3.05) is 12.8 Å². The zero-order valence-electron chi connectivity index (χ0n) is 11.3. The number of nitrogens with two attached hydrogens (primary N) is 1. The number of benzene rings is 1. The van der Waals surface area contributed by atoms with Gasteiger partial charge in [-0.25, -0.2) is 0 Å². The van der Waals surface area contributed by atoms with Gasteiger partial charge in [-0.2, -0.15) is 0 Å². The Hall–Kier alpha value is -0.540. The highest BCUT2D eigenvalue weighted by Gasteiger charge is 2.21. The minimum atomic E-state index is 0.742. The van der Waals surface area contributed by atoms with E-state index in [0.717, 1.165) is 28.7 Å². The van der Waals surface area contributed by atoms with E-state index < -0.39 is 0 Å². The molecule has 0 spiro atoms. The maximum Gasteiger partial charge on any atom is 0.0461 e. The van der Waals surface area contributed by atoms with E-state index in [1.54, 1.807) is 0 Å². The minimum Gasteiger partial charge on any atom is -0.398 e. The quantitative estimate of drug-likeness (QED) is 0.854. The van der Waals surface area contributed by atoms with E-state index in [-0.39, 0.29) is 0 Å². The molecule has 1 aliphatic rings. The molecule has 1 aliphatic carbocycles. The Morgan fingerprint density at radius 3 is 2.56 bits per heavy atom. The standard InChI is InChI=1S/C15H23BrN2/c1-11-3-6-13(7-4-11)18(2)10-12-5-8-14(16)15(17)9-12/h5,8-9,11,13H,3-4,6-7,10,17H2,1-2H3. The fourth-order valence-corrected chi connectivity index (χ4v) is 3.04. The molecule has 0 aliphatic heterocycles. The monoisotopic (exact) mass is 310 g/mol. The Labute approximate surface area is 119 Å². The SMILES string of the molecule is CC1CCC(N(C)Cc2ccc(Br)c(N)c2)CC1. The first-order chi connectivity index (χ1) is 8.56. The van der Waals surface area contributed by atoms with Gasteiger partial charge in [-0.3, -0.25) is 4.90 Å². The molecule has 1 aromatic carbocycles. The molecule has 0 radical (unpaired) electrons. The molecule has 1 fully saturated rings. The molecule has 0 heterocycles. The molecule has 100 valence electrons. The molecule has 1 aromatic rings. The summed E-state index contributed by atoms with van der Waals surface area (Å²) in [6.45, 7) is 3.36. The van der Waals surface area contributed by atoms with Crippen LogP contribution in [0.4, 0.5) is 5.69 Å². The van der Waals surface area contributed by atoms with E-state index in [0.29, 0.717) is 0 Å². The van der Waals surface area contributed by atoms with Crippen LogP contribution in [0.5, 0.6) is 0 Å². The summed E-state index contributed by atoms with van der Waals surface area (Å²) in [4.78, 5) is 2.48. The van der Waals surface area contributed by atoms with Crippen LogP contribution in [0.25, 0.3) is 0 Å². The van der Waals surface area contributed by atoms with Crippen molar-refractivity contribution in [1.82, 2.24) is 4.90 Å². The number of anilines is 1. The molecular weight excluding hydrogens is 288 g/mol. The highest BCUT2D eigenvalue weighted by atomic mass is 79.9. The van der Waals surface area contributed by atoms with Gasteiger partial charge in [0.25, 0.3) is 0 Å². The van der Waals surface area contributed by atoms with Gasteiger partial charge in [0, 0.05) is 22.7 Å². The summed E-state index contributed by atoms with van der Waals surface area (Å²) in [7, 11) is 2.24. The number of hydrogen-bond acceptors (Lipinski definition) is 2. The average Bonchev–Trinajstić information content (AvgIpc) is 2.34. The zero-order valence-corrected chi connectivity index (χ0v) is 12.9. The highest BCUT2D eigenvalue weighted by molar-refractivity contribution is 9.10. The molecule has 2 N–H and O–H groups in total. The Balaban J connectivity index is 1.94. The largest absolute Gasteiger partial charge is 0.398 e. The third-order valence-corrected chi connectivity index (χ3v) is 4.82. The number of rotatable bonds is 3. The summed E-state index contributed by atoms with van der Waals surface area (Å²) < 4.78 is 0.986. The third-order valence-electron chi connectivity index (χ3n) is 4.10. The van der Waals surface area contributed by atoms with Crippen LogP contribution in [0, 0.1) is 5.92 Å². The van der Waals surface area contributed by atoms with Gasteiger partial charge in [0.2, 0.25) is 0 Å². The third kappa shape index (κ3) is 3.48. The van der Waals surface area contributed by atoms with Crippen LogP contribution in [0.1, 0.15) is 38.2 Å². The maximum absolute atomic E-state index is 5.93. The zero-order chi connectivity index (χ0) is 13.1.